The molecule has 1 aliphatic heterocycles. The number of nitrogens with zero attached hydrogens (tertiary/aromatic N) is 4. The number of para-hydroxylation sites is 1. The van der Waals surface area contributed by atoms with Crippen LogP contribution in [0, 0.1) is 5.82 Å². The zero-order valence-corrected chi connectivity index (χ0v) is 19.4. The fraction of sp³-hybridized carbons (Fsp3) is 0.292. The Morgan fingerprint density at radius 1 is 1.15 bits per heavy atom. The minimum atomic E-state index is -0.276. The highest BCUT2D eigenvalue weighted by Gasteiger charge is 2.34. The molecule has 1 aliphatic carbocycles. The van der Waals surface area contributed by atoms with E-state index >= 15 is 0 Å². The van der Waals surface area contributed by atoms with Crippen LogP contribution < -0.4 is 0 Å². The van der Waals surface area contributed by atoms with Crippen molar-refractivity contribution in [1.29, 1.82) is 0 Å². The van der Waals surface area contributed by atoms with Gasteiger partial charge in [-0.1, -0.05) is 48.2 Å². The first-order chi connectivity index (χ1) is 16.2. The Balaban J connectivity index is 1.23. The molecule has 33 heavy (non-hydrogen) atoms. The Morgan fingerprint density at radius 3 is 2.82 bits per heavy atom. The van der Waals surface area contributed by atoms with E-state index in [1.54, 1.807) is 28.8 Å². The Kier molecular flexibility index (Phi) is 5.38. The molecule has 9 heteroatoms. The van der Waals surface area contributed by atoms with E-state index in [0.717, 1.165) is 46.0 Å². The Morgan fingerprint density at radius 2 is 1.97 bits per heavy atom. The van der Waals surface area contributed by atoms with Crippen LogP contribution in [0.25, 0.3) is 22.3 Å². The van der Waals surface area contributed by atoms with Gasteiger partial charge in [0, 0.05) is 46.6 Å². The molecule has 168 valence electrons. The number of carbonyl (C=O) groups excluding carboxylic acids is 1. The number of rotatable bonds is 6. The summed E-state index contributed by atoms with van der Waals surface area (Å²) in [6.07, 6.45) is 4.16. The van der Waals surface area contributed by atoms with Crippen LogP contribution in [0.15, 0.2) is 59.9 Å². The standard InChI is InChI=1S/C24H22FN5OS2/c25-19-7-3-1-6-17(19)23-29(11-12-32-23)21(31)14-33-24-28-27-22(30(24)15-9-10-15)18-13-26-20-8-4-2-5-16(18)20/h1-8,13,15,23,26H,9-12,14H2. The Labute approximate surface area is 199 Å². The molecule has 2 aromatic heterocycles. The number of thioether (sulfide) groups is 2. The summed E-state index contributed by atoms with van der Waals surface area (Å²) in [6.45, 7) is 0.624. The minimum absolute atomic E-state index is 0.00255. The summed E-state index contributed by atoms with van der Waals surface area (Å²) in [4.78, 5) is 18.2. The van der Waals surface area contributed by atoms with Crippen molar-refractivity contribution in [3.63, 3.8) is 0 Å². The topological polar surface area (TPSA) is 66.8 Å². The summed E-state index contributed by atoms with van der Waals surface area (Å²) in [5.41, 5.74) is 2.66. The van der Waals surface area contributed by atoms with Crippen molar-refractivity contribution in [3.8, 4) is 11.4 Å². The largest absolute Gasteiger partial charge is 0.360 e. The zero-order chi connectivity index (χ0) is 22.4. The lowest BCUT2D eigenvalue weighted by molar-refractivity contribution is -0.128. The second kappa shape index (κ2) is 8.53. The molecule has 1 N–H and O–H groups in total. The Hall–Kier alpha value is -2.78. The zero-order valence-electron chi connectivity index (χ0n) is 17.8. The molecule has 1 unspecified atom stereocenters. The van der Waals surface area contributed by atoms with Gasteiger partial charge in [0.15, 0.2) is 11.0 Å². The second-order valence-corrected chi connectivity index (χ2v) is 10.4. The summed E-state index contributed by atoms with van der Waals surface area (Å²) in [7, 11) is 0. The number of nitrogens with one attached hydrogen (secondary N) is 1. The molecular formula is C24H22FN5OS2. The van der Waals surface area contributed by atoms with Gasteiger partial charge in [-0.2, -0.15) is 0 Å². The number of halogens is 1. The second-order valence-electron chi connectivity index (χ2n) is 8.28. The van der Waals surface area contributed by atoms with Crippen LogP contribution in [0.2, 0.25) is 0 Å². The predicted molar refractivity (Wildman–Crippen MR) is 130 cm³/mol. The molecule has 6 rings (SSSR count). The van der Waals surface area contributed by atoms with Gasteiger partial charge in [0.25, 0.3) is 0 Å². The lowest BCUT2D eigenvalue weighted by Gasteiger charge is -2.24. The lowest BCUT2D eigenvalue weighted by Crippen LogP contribution is -2.32. The maximum Gasteiger partial charge on any atom is 0.234 e. The normalized spacial score (nSPS) is 18.3. The highest BCUT2D eigenvalue weighted by molar-refractivity contribution is 8.00. The van der Waals surface area contributed by atoms with Gasteiger partial charge in [-0.15, -0.1) is 22.0 Å². The first-order valence-corrected chi connectivity index (χ1v) is 13.0. The summed E-state index contributed by atoms with van der Waals surface area (Å²) in [6, 6.07) is 15.2. The minimum Gasteiger partial charge on any atom is -0.360 e. The van der Waals surface area contributed by atoms with Crippen LogP contribution in [0.1, 0.15) is 29.8 Å². The number of amides is 1. The van der Waals surface area contributed by atoms with Crippen LogP contribution >= 0.6 is 23.5 Å². The number of aromatic amines is 1. The molecule has 2 aromatic carbocycles. The monoisotopic (exact) mass is 479 g/mol. The molecule has 3 heterocycles. The van der Waals surface area contributed by atoms with Gasteiger partial charge in [-0.05, 0) is 25.0 Å². The molecular weight excluding hydrogens is 457 g/mol. The van der Waals surface area contributed by atoms with Crippen molar-refractivity contribution < 1.29 is 9.18 Å². The molecule has 2 fully saturated rings. The maximum atomic E-state index is 14.3. The number of H-pyrrole nitrogens is 1. The first-order valence-electron chi connectivity index (χ1n) is 11.0. The molecule has 6 nitrogen and oxygen atoms in total. The van der Waals surface area contributed by atoms with Crippen molar-refractivity contribution >= 4 is 40.3 Å². The van der Waals surface area contributed by atoms with E-state index < -0.39 is 0 Å². The number of benzene rings is 2. The Bertz CT molecular complexity index is 1330. The van der Waals surface area contributed by atoms with Gasteiger partial charge in [-0.3, -0.25) is 9.36 Å². The van der Waals surface area contributed by atoms with Gasteiger partial charge in [-0.25, -0.2) is 4.39 Å². The van der Waals surface area contributed by atoms with E-state index in [-0.39, 0.29) is 22.9 Å². The first kappa shape index (κ1) is 20.8. The number of hydrogen-bond acceptors (Lipinski definition) is 5. The van der Waals surface area contributed by atoms with Gasteiger partial charge in [0.2, 0.25) is 5.91 Å². The van der Waals surface area contributed by atoms with Gasteiger partial charge < -0.3 is 9.88 Å². The van der Waals surface area contributed by atoms with E-state index in [9.17, 15) is 9.18 Å². The predicted octanol–water partition coefficient (Wildman–Crippen LogP) is 5.27. The molecule has 1 amide bonds. The van der Waals surface area contributed by atoms with Gasteiger partial charge >= 0.3 is 0 Å². The highest BCUT2D eigenvalue weighted by atomic mass is 32.2. The summed E-state index contributed by atoms with van der Waals surface area (Å²) in [5.74, 6) is 1.63. The molecule has 1 saturated carbocycles. The molecule has 0 bridgehead atoms. The van der Waals surface area contributed by atoms with Crippen molar-refractivity contribution in [3.05, 3.63) is 66.1 Å². The highest BCUT2D eigenvalue weighted by Crippen LogP contribution is 2.43. The number of carbonyl (C=O) groups is 1. The van der Waals surface area contributed by atoms with E-state index in [0.29, 0.717) is 18.2 Å². The maximum absolute atomic E-state index is 14.3. The fourth-order valence-electron chi connectivity index (χ4n) is 4.35. The quantitative estimate of drug-likeness (QED) is 0.382. The summed E-state index contributed by atoms with van der Waals surface area (Å²) in [5, 5.41) is 10.6. The van der Waals surface area contributed by atoms with E-state index in [2.05, 4.69) is 25.8 Å². The van der Waals surface area contributed by atoms with Crippen molar-refractivity contribution in [2.24, 2.45) is 0 Å². The summed E-state index contributed by atoms with van der Waals surface area (Å²) >= 11 is 3.03. The number of hydrogen-bond donors (Lipinski definition) is 1. The van der Waals surface area contributed by atoms with E-state index in [1.807, 2.05) is 30.5 Å². The average Bonchev–Trinajstić information content (AvgIpc) is 3.23. The van der Waals surface area contributed by atoms with Gasteiger partial charge in [0.1, 0.15) is 11.2 Å². The van der Waals surface area contributed by atoms with Crippen molar-refractivity contribution in [2.45, 2.75) is 29.4 Å². The van der Waals surface area contributed by atoms with Crippen LogP contribution in [-0.2, 0) is 4.79 Å². The van der Waals surface area contributed by atoms with Crippen LogP contribution in [0.3, 0.4) is 0 Å². The van der Waals surface area contributed by atoms with Crippen LogP contribution in [0.5, 0.6) is 0 Å². The van der Waals surface area contributed by atoms with E-state index in [4.69, 9.17) is 0 Å². The van der Waals surface area contributed by atoms with E-state index in [1.165, 1.54) is 17.8 Å². The SMILES string of the molecule is O=C(CSc1nnc(-c2c[nH]c3ccccc23)n1C1CC1)N1CCSC1c1ccccc1F. The molecule has 2 aliphatic rings. The molecule has 4 aromatic rings. The lowest BCUT2D eigenvalue weighted by atomic mass is 10.1. The van der Waals surface area contributed by atoms with Gasteiger partial charge in [0.05, 0.1) is 5.75 Å². The summed E-state index contributed by atoms with van der Waals surface area (Å²) < 4.78 is 16.5. The van der Waals surface area contributed by atoms with Crippen LogP contribution in [0.4, 0.5) is 4.39 Å². The molecule has 1 saturated heterocycles. The van der Waals surface area contributed by atoms with Crippen molar-refractivity contribution in [1.82, 2.24) is 24.6 Å². The third-order valence-corrected chi connectivity index (χ3v) is 8.28. The number of fused-ring (bicyclic) bond motifs is 1. The molecule has 1 atom stereocenters. The third-order valence-electron chi connectivity index (χ3n) is 6.11. The number of aromatic nitrogens is 4. The molecule has 0 radical (unpaired) electrons. The fourth-order valence-corrected chi connectivity index (χ4v) is 6.54. The smallest absolute Gasteiger partial charge is 0.234 e. The van der Waals surface area contributed by atoms with Crippen molar-refractivity contribution in [2.75, 3.05) is 18.1 Å². The average molecular weight is 480 g/mol. The third kappa shape index (κ3) is 3.83. The van der Waals surface area contributed by atoms with Crippen LogP contribution in [-0.4, -0.2) is 48.6 Å². The molecule has 0 spiro atoms.